The van der Waals surface area contributed by atoms with E-state index in [9.17, 15) is 0 Å². The molecule has 4 aromatic rings. The summed E-state index contributed by atoms with van der Waals surface area (Å²) in [6.07, 6.45) is 8.44. The number of benzene rings is 1. The Bertz CT molecular complexity index is 1460. The van der Waals surface area contributed by atoms with E-state index in [2.05, 4.69) is 41.7 Å². The van der Waals surface area contributed by atoms with Gasteiger partial charge in [-0.2, -0.15) is 10.2 Å². The zero-order valence-electron chi connectivity index (χ0n) is 23.0. The summed E-state index contributed by atoms with van der Waals surface area (Å²) in [7, 11) is 3.85. The van der Waals surface area contributed by atoms with Gasteiger partial charge < -0.3 is 21.1 Å². The molecule has 0 amide bonds. The minimum Gasteiger partial charge on any atom is -0.494 e. The molecule has 6 rings (SSSR count). The van der Waals surface area contributed by atoms with Gasteiger partial charge in [0.2, 0.25) is 0 Å². The Balaban J connectivity index is 1.32. The number of nitrogens with two attached hydrogens (primary N) is 2. The molecular formula is C28H38N10O. The van der Waals surface area contributed by atoms with E-state index >= 15 is 0 Å². The van der Waals surface area contributed by atoms with E-state index in [-0.39, 0.29) is 6.04 Å². The molecule has 39 heavy (non-hydrogen) atoms. The standard InChI is InChI=1S/C28H38N10O/c1-17-19(15-33-34-17)14-18-4-9-22(24(29)26(18)39-3)25-23-27(30)31-16-32-28(23)38(35-25)21-7-5-20(6-8-21)37-12-10-36(2)11-13-37/h4,9,15-16,20-21H,5-8,10-14,29H2,1-3H3,(H,33,34)(H2,30,31,32). The van der Waals surface area contributed by atoms with Gasteiger partial charge in [-0.15, -0.1) is 0 Å². The second-order valence-corrected chi connectivity index (χ2v) is 11.0. The lowest BCUT2D eigenvalue weighted by Crippen LogP contribution is -2.49. The van der Waals surface area contributed by atoms with Crippen molar-refractivity contribution in [3.8, 4) is 17.0 Å². The molecule has 206 valence electrons. The first-order chi connectivity index (χ1) is 18.9. The van der Waals surface area contributed by atoms with Gasteiger partial charge in [0.15, 0.2) is 5.65 Å². The molecule has 2 fully saturated rings. The van der Waals surface area contributed by atoms with Gasteiger partial charge in [-0.1, -0.05) is 12.1 Å². The van der Waals surface area contributed by atoms with Gasteiger partial charge in [-0.25, -0.2) is 14.6 Å². The molecule has 11 nitrogen and oxygen atoms in total. The van der Waals surface area contributed by atoms with Crippen LogP contribution in [0.4, 0.5) is 11.5 Å². The largest absolute Gasteiger partial charge is 0.494 e. The van der Waals surface area contributed by atoms with E-state index < -0.39 is 0 Å². The first kappa shape index (κ1) is 25.6. The Morgan fingerprint density at radius 3 is 2.44 bits per heavy atom. The summed E-state index contributed by atoms with van der Waals surface area (Å²) in [5.74, 6) is 1.04. The lowest BCUT2D eigenvalue weighted by atomic mass is 9.90. The summed E-state index contributed by atoms with van der Waals surface area (Å²) in [6, 6.07) is 4.95. The highest BCUT2D eigenvalue weighted by molar-refractivity contribution is 6.01. The molecule has 0 atom stereocenters. The van der Waals surface area contributed by atoms with Crippen LogP contribution in [0.15, 0.2) is 24.7 Å². The number of piperazine rings is 1. The summed E-state index contributed by atoms with van der Waals surface area (Å²) < 4.78 is 7.88. The number of nitrogen functional groups attached to an aromatic ring is 2. The maximum atomic E-state index is 6.74. The summed E-state index contributed by atoms with van der Waals surface area (Å²) in [4.78, 5) is 14.0. The SMILES string of the molecule is COc1c(Cc2cn[nH]c2C)ccc(-c2nn(C3CCC(N4CCN(C)CC4)CC3)c3ncnc(N)c23)c1N. The Morgan fingerprint density at radius 1 is 1.00 bits per heavy atom. The lowest BCUT2D eigenvalue weighted by Gasteiger charge is -2.41. The summed E-state index contributed by atoms with van der Waals surface area (Å²) in [5, 5.41) is 13.0. The molecule has 0 radical (unpaired) electrons. The van der Waals surface area contributed by atoms with Gasteiger partial charge in [0, 0.05) is 55.5 Å². The molecule has 1 aromatic carbocycles. The molecule has 1 saturated heterocycles. The summed E-state index contributed by atoms with van der Waals surface area (Å²) in [6.45, 7) is 6.61. The van der Waals surface area contributed by atoms with Gasteiger partial charge in [-0.05, 0) is 45.2 Å². The Labute approximate surface area is 228 Å². The first-order valence-corrected chi connectivity index (χ1v) is 13.8. The molecular weight excluding hydrogens is 492 g/mol. The number of anilines is 2. The van der Waals surface area contributed by atoms with Crippen LogP contribution in [0.25, 0.3) is 22.3 Å². The predicted molar refractivity (Wildman–Crippen MR) is 153 cm³/mol. The van der Waals surface area contributed by atoms with Crippen LogP contribution in [0.1, 0.15) is 48.5 Å². The van der Waals surface area contributed by atoms with Crippen LogP contribution in [0.3, 0.4) is 0 Å². The molecule has 11 heteroatoms. The highest BCUT2D eigenvalue weighted by Crippen LogP contribution is 2.42. The highest BCUT2D eigenvalue weighted by Gasteiger charge is 2.31. The van der Waals surface area contributed by atoms with E-state index in [1.165, 1.54) is 6.33 Å². The zero-order valence-corrected chi connectivity index (χ0v) is 23.0. The number of H-pyrrole nitrogens is 1. The van der Waals surface area contributed by atoms with Crippen LogP contribution in [-0.2, 0) is 6.42 Å². The number of fused-ring (bicyclic) bond motifs is 1. The second-order valence-electron chi connectivity index (χ2n) is 11.0. The number of likely N-dealkylation sites (N-methyl/N-ethyl adjacent to an activating group) is 1. The number of aromatic nitrogens is 6. The van der Waals surface area contributed by atoms with Crippen LogP contribution in [0, 0.1) is 6.92 Å². The van der Waals surface area contributed by atoms with Crippen molar-refractivity contribution in [2.75, 3.05) is 51.8 Å². The number of aromatic amines is 1. The Morgan fingerprint density at radius 2 is 1.74 bits per heavy atom. The minimum absolute atomic E-state index is 0.255. The van der Waals surface area contributed by atoms with Crippen molar-refractivity contribution in [3.63, 3.8) is 0 Å². The highest BCUT2D eigenvalue weighted by atomic mass is 16.5. The zero-order chi connectivity index (χ0) is 27.1. The molecule has 2 aliphatic rings. The van der Waals surface area contributed by atoms with Crippen LogP contribution in [0.5, 0.6) is 5.75 Å². The fourth-order valence-corrected chi connectivity index (χ4v) is 6.28. The number of hydrogen-bond acceptors (Lipinski definition) is 9. The summed E-state index contributed by atoms with van der Waals surface area (Å²) >= 11 is 0. The first-order valence-electron chi connectivity index (χ1n) is 13.8. The van der Waals surface area contributed by atoms with Gasteiger partial charge in [0.1, 0.15) is 23.6 Å². The van der Waals surface area contributed by atoms with Crippen molar-refractivity contribution in [3.05, 3.63) is 41.5 Å². The fraction of sp³-hybridized carbons (Fsp3) is 0.500. The Hall–Kier alpha value is -3.70. The van der Waals surface area contributed by atoms with Gasteiger partial charge >= 0.3 is 0 Å². The average molecular weight is 531 g/mol. The van der Waals surface area contributed by atoms with Crippen molar-refractivity contribution in [1.29, 1.82) is 0 Å². The number of nitrogens with zero attached hydrogens (tertiary/aromatic N) is 7. The van der Waals surface area contributed by atoms with E-state index in [0.717, 1.165) is 85.3 Å². The maximum absolute atomic E-state index is 6.74. The van der Waals surface area contributed by atoms with E-state index in [4.69, 9.17) is 21.3 Å². The third kappa shape index (κ3) is 4.70. The van der Waals surface area contributed by atoms with E-state index in [0.29, 0.717) is 35.4 Å². The van der Waals surface area contributed by atoms with Crippen molar-refractivity contribution >= 4 is 22.5 Å². The smallest absolute Gasteiger partial charge is 0.164 e. The molecule has 0 spiro atoms. The number of ether oxygens (including phenoxy) is 1. The van der Waals surface area contributed by atoms with Gasteiger partial charge in [-0.3, -0.25) is 10.00 Å². The predicted octanol–water partition coefficient (Wildman–Crippen LogP) is 3.02. The van der Waals surface area contributed by atoms with Gasteiger partial charge in [0.25, 0.3) is 0 Å². The van der Waals surface area contributed by atoms with Crippen molar-refractivity contribution < 1.29 is 4.74 Å². The third-order valence-electron chi connectivity index (χ3n) is 8.64. The molecule has 1 aliphatic heterocycles. The molecule has 1 saturated carbocycles. The normalized spacial score (nSPS) is 21.0. The van der Waals surface area contributed by atoms with Crippen molar-refractivity contribution in [2.24, 2.45) is 0 Å². The van der Waals surface area contributed by atoms with Gasteiger partial charge in [0.05, 0.1) is 30.4 Å². The van der Waals surface area contributed by atoms with Crippen LogP contribution < -0.4 is 16.2 Å². The molecule has 4 heterocycles. The van der Waals surface area contributed by atoms with Crippen LogP contribution >= 0.6 is 0 Å². The summed E-state index contributed by atoms with van der Waals surface area (Å²) in [5.41, 5.74) is 19.0. The minimum atomic E-state index is 0.255. The lowest BCUT2D eigenvalue weighted by molar-refractivity contribution is 0.0815. The topological polar surface area (TPSA) is 140 Å². The second kappa shape index (κ2) is 10.5. The Kier molecular flexibility index (Phi) is 6.86. The molecule has 0 unspecified atom stereocenters. The van der Waals surface area contributed by atoms with Crippen molar-refractivity contribution in [2.45, 2.75) is 51.1 Å². The average Bonchev–Trinajstić information content (AvgIpc) is 3.53. The monoisotopic (exact) mass is 530 g/mol. The van der Waals surface area contributed by atoms with Crippen molar-refractivity contribution in [1.82, 2.24) is 39.7 Å². The number of nitrogens with one attached hydrogen (secondary N) is 1. The number of hydrogen-bond donors (Lipinski definition) is 3. The number of rotatable bonds is 6. The van der Waals surface area contributed by atoms with Crippen LogP contribution in [0.2, 0.25) is 0 Å². The maximum Gasteiger partial charge on any atom is 0.164 e. The van der Waals surface area contributed by atoms with Crippen LogP contribution in [-0.4, -0.2) is 86.1 Å². The quantitative estimate of drug-likeness (QED) is 0.321. The molecule has 3 aromatic heterocycles. The number of aryl methyl sites for hydroxylation is 1. The third-order valence-corrected chi connectivity index (χ3v) is 8.64. The molecule has 5 N–H and O–H groups in total. The van der Waals surface area contributed by atoms with E-state index in [1.807, 2.05) is 25.3 Å². The number of methoxy groups -OCH3 is 1. The molecule has 1 aliphatic carbocycles. The molecule has 0 bridgehead atoms. The fourth-order valence-electron chi connectivity index (χ4n) is 6.28. The van der Waals surface area contributed by atoms with E-state index in [1.54, 1.807) is 7.11 Å².